The lowest BCUT2D eigenvalue weighted by molar-refractivity contribution is 0.634. The van der Waals surface area contributed by atoms with Gasteiger partial charge in [-0.05, 0) is 19.8 Å². The van der Waals surface area contributed by atoms with Crippen LogP contribution in [0.2, 0.25) is 5.15 Å². The summed E-state index contributed by atoms with van der Waals surface area (Å²) in [5.74, 6) is 1.65. The minimum absolute atomic E-state index is 0.566. The van der Waals surface area contributed by atoms with Gasteiger partial charge in [0.15, 0.2) is 0 Å². The zero-order valence-corrected chi connectivity index (χ0v) is 12.9. The maximum atomic E-state index is 6.20. The van der Waals surface area contributed by atoms with Crippen LogP contribution in [0.5, 0.6) is 0 Å². The van der Waals surface area contributed by atoms with Crippen LogP contribution in [-0.4, -0.2) is 33.1 Å². The van der Waals surface area contributed by atoms with Crippen LogP contribution in [0.15, 0.2) is 18.7 Å². The molecule has 0 aliphatic rings. The quantitative estimate of drug-likeness (QED) is 0.768. The lowest BCUT2D eigenvalue weighted by atomic mass is 10.2. The molecule has 0 bridgehead atoms. The van der Waals surface area contributed by atoms with Gasteiger partial charge in [-0.25, -0.2) is 15.0 Å². The van der Waals surface area contributed by atoms with Gasteiger partial charge < -0.3 is 9.47 Å². The van der Waals surface area contributed by atoms with E-state index < -0.39 is 0 Å². The number of hydrogen-bond acceptors (Lipinski definition) is 4. The molecule has 2 heterocycles. The number of aryl methyl sites for hydroxylation is 2. The average molecular weight is 294 g/mol. The molecule has 0 atom stereocenters. The Labute approximate surface area is 124 Å². The van der Waals surface area contributed by atoms with Gasteiger partial charge in [0, 0.05) is 38.1 Å². The second-order valence-corrected chi connectivity index (χ2v) is 5.15. The van der Waals surface area contributed by atoms with Crippen molar-refractivity contribution < 1.29 is 0 Å². The molecule has 0 unspecified atom stereocenters. The standard InChI is InChI=1S/C14H20ClN5/c1-4-12-13(15)17-11(2)18-14(12)19(3)7-5-8-20-9-6-16-10-20/h6,9-10H,4-5,7-8H2,1-3H3. The van der Waals surface area contributed by atoms with Crippen molar-refractivity contribution in [2.45, 2.75) is 33.2 Å². The summed E-state index contributed by atoms with van der Waals surface area (Å²) in [6.45, 7) is 5.80. The number of halogens is 1. The van der Waals surface area contributed by atoms with Crippen molar-refractivity contribution in [1.29, 1.82) is 0 Å². The predicted octanol–water partition coefficient (Wildman–Crippen LogP) is 2.72. The van der Waals surface area contributed by atoms with E-state index in [2.05, 4.69) is 31.3 Å². The first-order valence-electron chi connectivity index (χ1n) is 6.81. The average Bonchev–Trinajstić information content (AvgIpc) is 2.91. The number of nitrogens with zero attached hydrogens (tertiary/aromatic N) is 5. The topological polar surface area (TPSA) is 46.8 Å². The Morgan fingerprint density at radius 3 is 2.80 bits per heavy atom. The Morgan fingerprint density at radius 2 is 2.15 bits per heavy atom. The van der Waals surface area contributed by atoms with E-state index in [1.807, 2.05) is 26.5 Å². The number of imidazole rings is 1. The molecular formula is C14H20ClN5. The van der Waals surface area contributed by atoms with Crippen molar-refractivity contribution in [2.24, 2.45) is 0 Å². The molecular weight excluding hydrogens is 274 g/mol. The first-order valence-corrected chi connectivity index (χ1v) is 7.19. The van der Waals surface area contributed by atoms with Crippen LogP contribution < -0.4 is 4.90 Å². The molecule has 0 saturated carbocycles. The van der Waals surface area contributed by atoms with E-state index in [0.717, 1.165) is 37.3 Å². The smallest absolute Gasteiger partial charge is 0.138 e. The molecule has 0 N–H and O–H groups in total. The van der Waals surface area contributed by atoms with Gasteiger partial charge in [0.1, 0.15) is 16.8 Å². The van der Waals surface area contributed by atoms with E-state index in [1.54, 1.807) is 6.20 Å². The lowest BCUT2D eigenvalue weighted by Gasteiger charge is -2.21. The van der Waals surface area contributed by atoms with Gasteiger partial charge in [-0.2, -0.15) is 0 Å². The molecule has 0 aliphatic carbocycles. The zero-order valence-electron chi connectivity index (χ0n) is 12.2. The van der Waals surface area contributed by atoms with Crippen LogP contribution in [0.1, 0.15) is 24.7 Å². The lowest BCUT2D eigenvalue weighted by Crippen LogP contribution is -2.23. The van der Waals surface area contributed by atoms with Crippen molar-refractivity contribution in [3.63, 3.8) is 0 Å². The minimum Gasteiger partial charge on any atom is -0.359 e. The molecule has 0 amide bonds. The second-order valence-electron chi connectivity index (χ2n) is 4.79. The van der Waals surface area contributed by atoms with E-state index in [0.29, 0.717) is 11.0 Å². The number of hydrogen-bond donors (Lipinski definition) is 0. The number of anilines is 1. The van der Waals surface area contributed by atoms with E-state index in [1.165, 1.54) is 0 Å². The summed E-state index contributed by atoms with van der Waals surface area (Å²) >= 11 is 6.20. The Morgan fingerprint density at radius 1 is 1.35 bits per heavy atom. The molecule has 0 radical (unpaired) electrons. The monoisotopic (exact) mass is 293 g/mol. The van der Waals surface area contributed by atoms with E-state index >= 15 is 0 Å². The van der Waals surface area contributed by atoms with Crippen LogP contribution in [-0.2, 0) is 13.0 Å². The molecule has 0 aromatic carbocycles. The Bertz CT molecular complexity index is 553. The summed E-state index contributed by atoms with van der Waals surface area (Å²) in [5, 5.41) is 0.566. The highest BCUT2D eigenvalue weighted by Crippen LogP contribution is 2.24. The molecule has 6 heteroatoms. The molecule has 20 heavy (non-hydrogen) atoms. The minimum atomic E-state index is 0.566. The van der Waals surface area contributed by atoms with E-state index in [-0.39, 0.29) is 0 Å². The van der Waals surface area contributed by atoms with E-state index in [9.17, 15) is 0 Å². The fourth-order valence-electron chi connectivity index (χ4n) is 2.18. The summed E-state index contributed by atoms with van der Waals surface area (Å²) in [6, 6.07) is 0. The fourth-order valence-corrected chi connectivity index (χ4v) is 2.52. The third kappa shape index (κ3) is 3.48. The summed E-state index contributed by atoms with van der Waals surface area (Å²) in [5.41, 5.74) is 1.02. The molecule has 0 fully saturated rings. The molecule has 2 aromatic heterocycles. The highest BCUT2D eigenvalue weighted by atomic mass is 35.5. The number of aromatic nitrogens is 4. The third-order valence-electron chi connectivity index (χ3n) is 3.23. The summed E-state index contributed by atoms with van der Waals surface area (Å²) in [4.78, 5) is 14.9. The molecule has 108 valence electrons. The van der Waals surface area contributed by atoms with Gasteiger partial charge >= 0.3 is 0 Å². The third-order valence-corrected chi connectivity index (χ3v) is 3.54. The largest absolute Gasteiger partial charge is 0.359 e. The van der Waals surface area contributed by atoms with Gasteiger partial charge in [0.2, 0.25) is 0 Å². The Hall–Kier alpha value is -1.62. The van der Waals surface area contributed by atoms with Gasteiger partial charge in [-0.15, -0.1) is 0 Å². The molecule has 0 spiro atoms. The molecule has 2 aromatic rings. The second kappa shape index (κ2) is 6.70. The van der Waals surface area contributed by atoms with E-state index in [4.69, 9.17) is 11.6 Å². The highest BCUT2D eigenvalue weighted by Gasteiger charge is 2.13. The maximum absolute atomic E-state index is 6.20. The Balaban J connectivity index is 2.03. The number of rotatable bonds is 6. The van der Waals surface area contributed by atoms with Crippen LogP contribution in [0.25, 0.3) is 0 Å². The van der Waals surface area contributed by atoms with Crippen molar-refractivity contribution >= 4 is 17.4 Å². The normalized spacial score (nSPS) is 10.8. The summed E-state index contributed by atoms with van der Waals surface area (Å²) in [6.07, 6.45) is 7.47. The van der Waals surface area contributed by atoms with Crippen LogP contribution in [0.3, 0.4) is 0 Å². The van der Waals surface area contributed by atoms with Crippen LogP contribution >= 0.6 is 11.6 Å². The van der Waals surface area contributed by atoms with Gasteiger partial charge in [0.05, 0.1) is 6.33 Å². The molecule has 0 saturated heterocycles. The molecule has 5 nitrogen and oxygen atoms in total. The van der Waals surface area contributed by atoms with Crippen molar-refractivity contribution in [2.75, 3.05) is 18.5 Å². The highest BCUT2D eigenvalue weighted by molar-refractivity contribution is 6.30. The van der Waals surface area contributed by atoms with Crippen molar-refractivity contribution in [3.05, 3.63) is 35.3 Å². The molecule has 2 rings (SSSR count). The molecule has 0 aliphatic heterocycles. The maximum Gasteiger partial charge on any atom is 0.138 e. The first kappa shape index (κ1) is 14.8. The zero-order chi connectivity index (χ0) is 14.5. The van der Waals surface area contributed by atoms with Gasteiger partial charge in [0.25, 0.3) is 0 Å². The SMILES string of the molecule is CCc1c(Cl)nc(C)nc1N(C)CCCn1ccnc1. The predicted molar refractivity (Wildman–Crippen MR) is 81.3 cm³/mol. The van der Waals surface area contributed by atoms with Gasteiger partial charge in [-0.3, -0.25) is 0 Å². The van der Waals surface area contributed by atoms with Crippen LogP contribution in [0, 0.1) is 6.92 Å². The van der Waals surface area contributed by atoms with Gasteiger partial charge in [-0.1, -0.05) is 18.5 Å². The van der Waals surface area contributed by atoms with Crippen molar-refractivity contribution in [3.8, 4) is 0 Å². The Kier molecular flexibility index (Phi) is 4.95. The summed E-state index contributed by atoms with van der Waals surface area (Å²) in [7, 11) is 2.05. The van der Waals surface area contributed by atoms with Crippen molar-refractivity contribution in [1.82, 2.24) is 19.5 Å². The fraction of sp³-hybridized carbons (Fsp3) is 0.500. The summed E-state index contributed by atoms with van der Waals surface area (Å²) < 4.78 is 2.08. The first-order chi connectivity index (χ1) is 9.61. The van der Waals surface area contributed by atoms with Crippen LogP contribution in [0.4, 0.5) is 5.82 Å².